The van der Waals surface area contributed by atoms with Crippen LogP contribution < -0.4 is 19.5 Å². The van der Waals surface area contributed by atoms with E-state index in [1.54, 1.807) is 21.3 Å². The Labute approximate surface area is 167 Å². The molecule has 0 aliphatic rings. The molecule has 2 aromatic rings. The number of aryl methyl sites for hydroxylation is 1. The number of hydrogen-bond acceptors (Lipinski definition) is 5. The lowest BCUT2D eigenvalue weighted by molar-refractivity contribution is -0.121. The van der Waals surface area contributed by atoms with Gasteiger partial charge in [0.25, 0.3) is 0 Å². The van der Waals surface area contributed by atoms with E-state index in [2.05, 4.69) is 34.5 Å². The van der Waals surface area contributed by atoms with Crippen LogP contribution >= 0.6 is 0 Å². The number of carbonyl (C=O) groups excluding carboxylic acids is 1. The molecule has 0 radical (unpaired) electrons. The number of methoxy groups -OCH3 is 3. The van der Waals surface area contributed by atoms with E-state index in [1.165, 1.54) is 5.56 Å². The van der Waals surface area contributed by atoms with Gasteiger partial charge in [0.2, 0.25) is 11.7 Å². The largest absolute Gasteiger partial charge is 0.493 e. The van der Waals surface area contributed by atoms with Gasteiger partial charge in [-0.25, -0.2) is 0 Å². The summed E-state index contributed by atoms with van der Waals surface area (Å²) in [5.41, 5.74) is 3.30. The van der Waals surface area contributed by atoms with Gasteiger partial charge in [-0.1, -0.05) is 24.3 Å². The Morgan fingerprint density at radius 1 is 0.893 bits per heavy atom. The summed E-state index contributed by atoms with van der Waals surface area (Å²) < 4.78 is 16.0. The van der Waals surface area contributed by atoms with Crippen LogP contribution in [-0.4, -0.2) is 46.2 Å². The molecule has 0 spiro atoms. The maximum Gasteiger partial charge on any atom is 0.220 e. The SMILES string of the molecule is COc1cc(CCC(=O)NCc2ccc(CN(C)C)cc2)cc(OC)c1OC. The number of nitrogens with one attached hydrogen (secondary N) is 1. The van der Waals surface area contributed by atoms with E-state index < -0.39 is 0 Å². The molecule has 1 N–H and O–H groups in total. The Morgan fingerprint density at radius 3 is 1.96 bits per heavy atom. The first-order chi connectivity index (χ1) is 13.5. The smallest absolute Gasteiger partial charge is 0.220 e. The van der Waals surface area contributed by atoms with Crippen LogP contribution in [0.4, 0.5) is 0 Å². The second kappa shape index (κ2) is 10.6. The molecular formula is C22H30N2O4. The lowest BCUT2D eigenvalue weighted by Gasteiger charge is -2.14. The Kier molecular flexibility index (Phi) is 8.14. The fourth-order valence-electron chi connectivity index (χ4n) is 2.95. The van der Waals surface area contributed by atoms with E-state index in [9.17, 15) is 4.79 Å². The van der Waals surface area contributed by atoms with E-state index in [0.29, 0.717) is 36.6 Å². The molecular weight excluding hydrogens is 356 g/mol. The molecule has 0 aliphatic carbocycles. The number of ether oxygens (including phenoxy) is 3. The van der Waals surface area contributed by atoms with Crippen LogP contribution in [0.25, 0.3) is 0 Å². The average molecular weight is 386 g/mol. The highest BCUT2D eigenvalue weighted by atomic mass is 16.5. The Balaban J connectivity index is 1.88. The molecule has 0 heterocycles. The van der Waals surface area contributed by atoms with Crippen molar-refractivity contribution in [3.05, 3.63) is 53.1 Å². The summed E-state index contributed by atoms with van der Waals surface area (Å²) >= 11 is 0. The molecule has 2 aromatic carbocycles. The normalized spacial score (nSPS) is 10.6. The van der Waals surface area contributed by atoms with E-state index in [0.717, 1.165) is 17.7 Å². The van der Waals surface area contributed by atoms with Crippen molar-refractivity contribution in [3.8, 4) is 17.2 Å². The minimum Gasteiger partial charge on any atom is -0.493 e. The van der Waals surface area contributed by atoms with Crippen LogP contribution in [-0.2, 0) is 24.3 Å². The van der Waals surface area contributed by atoms with Crippen molar-refractivity contribution >= 4 is 5.91 Å². The highest BCUT2D eigenvalue weighted by Gasteiger charge is 2.13. The van der Waals surface area contributed by atoms with Crippen molar-refractivity contribution < 1.29 is 19.0 Å². The zero-order valence-corrected chi connectivity index (χ0v) is 17.4. The molecule has 0 atom stereocenters. The Hall–Kier alpha value is -2.73. The Bertz CT molecular complexity index is 748. The molecule has 152 valence electrons. The van der Waals surface area contributed by atoms with Gasteiger partial charge in [-0.15, -0.1) is 0 Å². The monoisotopic (exact) mass is 386 g/mol. The summed E-state index contributed by atoms with van der Waals surface area (Å²) in [5, 5.41) is 2.97. The topological polar surface area (TPSA) is 60.0 Å². The number of hydrogen-bond donors (Lipinski definition) is 1. The maximum absolute atomic E-state index is 12.2. The molecule has 0 saturated heterocycles. The quantitative estimate of drug-likeness (QED) is 0.680. The van der Waals surface area contributed by atoms with Gasteiger partial charge in [0.1, 0.15) is 0 Å². The highest BCUT2D eigenvalue weighted by molar-refractivity contribution is 5.76. The molecule has 0 fully saturated rings. The Morgan fingerprint density at radius 2 is 1.46 bits per heavy atom. The second-order valence-corrected chi connectivity index (χ2v) is 6.86. The molecule has 6 nitrogen and oxygen atoms in total. The summed E-state index contributed by atoms with van der Waals surface area (Å²) in [4.78, 5) is 14.4. The fourth-order valence-corrected chi connectivity index (χ4v) is 2.95. The van der Waals surface area contributed by atoms with E-state index in [-0.39, 0.29) is 5.91 Å². The third-order valence-corrected chi connectivity index (χ3v) is 4.38. The first-order valence-corrected chi connectivity index (χ1v) is 9.25. The molecule has 0 bridgehead atoms. The van der Waals surface area contributed by atoms with Crippen LogP contribution in [0.1, 0.15) is 23.1 Å². The third-order valence-electron chi connectivity index (χ3n) is 4.38. The lowest BCUT2D eigenvalue weighted by Crippen LogP contribution is -2.23. The van der Waals surface area contributed by atoms with Gasteiger partial charge in [-0.3, -0.25) is 4.79 Å². The number of rotatable bonds is 10. The average Bonchev–Trinajstić information content (AvgIpc) is 2.70. The minimum atomic E-state index is 0.00567. The van der Waals surface area contributed by atoms with E-state index >= 15 is 0 Å². The molecule has 6 heteroatoms. The van der Waals surface area contributed by atoms with Gasteiger partial charge in [0.15, 0.2) is 11.5 Å². The molecule has 0 saturated carbocycles. The van der Waals surface area contributed by atoms with Gasteiger partial charge in [-0.05, 0) is 49.3 Å². The third kappa shape index (κ3) is 6.16. The van der Waals surface area contributed by atoms with Crippen LogP contribution in [0.3, 0.4) is 0 Å². The molecule has 2 rings (SSSR count). The van der Waals surface area contributed by atoms with Crippen LogP contribution in [0.2, 0.25) is 0 Å². The zero-order valence-electron chi connectivity index (χ0n) is 17.4. The molecule has 0 unspecified atom stereocenters. The van der Waals surface area contributed by atoms with Crippen LogP contribution in [0.15, 0.2) is 36.4 Å². The van der Waals surface area contributed by atoms with E-state index in [4.69, 9.17) is 14.2 Å². The standard InChI is InChI=1S/C22H30N2O4/c1-24(2)15-17-8-6-16(7-9-17)14-23-21(25)11-10-18-12-19(26-3)22(28-5)20(13-18)27-4/h6-9,12-13H,10-11,14-15H2,1-5H3,(H,23,25). The van der Waals surface area contributed by atoms with Gasteiger partial charge in [0, 0.05) is 19.5 Å². The van der Waals surface area contributed by atoms with Gasteiger partial charge >= 0.3 is 0 Å². The van der Waals surface area contributed by atoms with Gasteiger partial charge in [0.05, 0.1) is 21.3 Å². The summed E-state index contributed by atoms with van der Waals surface area (Å²) in [5.74, 6) is 1.74. The lowest BCUT2D eigenvalue weighted by atomic mass is 10.1. The first-order valence-electron chi connectivity index (χ1n) is 9.25. The molecule has 0 aromatic heterocycles. The van der Waals surface area contributed by atoms with Crippen molar-refractivity contribution in [1.82, 2.24) is 10.2 Å². The number of carbonyl (C=O) groups is 1. The van der Waals surface area contributed by atoms with Crippen molar-refractivity contribution in [3.63, 3.8) is 0 Å². The van der Waals surface area contributed by atoms with Crippen molar-refractivity contribution in [1.29, 1.82) is 0 Å². The number of amides is 1. The summed E-state index contributed by atoms with van der Waals surface area (Å²) in [7, 11) is 8.82. The fraction of sp³-hybridized carbons (Fsp3) is 0.409. The molecule has 28 heavy (non-hydrogen) atoms. The van der Waals surface area contributed by atoms with Gasteiger partial charge < -0.3 is 24.4 Å². The first kappa shape index (κ1) is 21.6. The number of nitrogens with zero attached hydrogens (tertiary/aromatic N) is 1. The van der Waals surface area contributed by atoms with Crippen molar-refractivity contribution in [2.45, 2.75) is 25.9 Å². The van der Waals surface area contributed by atoms with Gasteiger partial charge in [-0.2, -0.15) is 0 Å². The predicted octanol–water partition coefficient (Wildman–Crippen LogP) is 3.02. The minimum absolute atomic E-state index is 0.00567. The summed E-state index contributed by atoms with van der Waals surface area (Å²) in [6.45, 7) is 1.43. The second-order valence-electron chi connectivity index (χ2n) is 6.86. The van der Waals surface area contributed by atoms with Crippen LogP contribution in [0, 0.1) is 0 Å². The molecule has 1 amide bonds. The molecule has 0 aliphatic heterocycles. The zero-order chi connectivity index (χ0) is 20.5. The summed E-state index contributed by atoms with van der Waals surface area (Å²) in [6.07, 6.45) is 0.974. The number of benzene rings is 2. The van der Waals surface area contributed by atoms with Crippen LogP contribution in [0.5, 0.6) is 17.2 Å². The predicted molar refractivity (Wildman–Crippen MR) is 110 cm³/mol. The maximum atomic E-state index is 12.2. The highest BCUT2D eigenvalue weighted by Crippen LogP contribution is 2.38. The van der Waals surface area contributed by atoms with Crippen molar-refractivity contribution in [2.24, 2.45) is 0 Å². The summed E-state index contributed by atoms with van der Waals surface area (Å²) in [6, 6.07) is 12.0. The van der Waals surface area contributed by atoms with Crippen molar-refractivity contribution in [2.75, 3.05) is 35.4 Å². The van der Waals surface area contributed by atoms with E-state index in [1.807, 2.05) is 26.2 Å².